The van der Waals surface area contributed by atoms with Crippen molar-refractivity contribution < 1.29 is 0 Å². The highest BCUT2D eigenvalue weighted by molar-refractivity contribution is 5.79. The summed E-state index contributed by atoms with van der Waals surface area (Å²) in [6.07, 6.45) is 3.20. The average molecular weight is 212 g/mol. The molecule has 1 heterocycles. The number of hydrogen-bond acceptors (Lipinski definition) is 2. The van der Waals surface area contributed by atoms with E-state index >= 15 is 0 Å². The molecular weight excluding hydrogens is 196 g/mol. The number of aromatic nitrogens is 1. The minimum atomic E-state index is -0.0440. The zero-order valence-corrected chi connectivity index (χ0v) is 9.53. The van der Waals surface area contributed by atoms with E-state index in [4.69, 9.17) is 5.73 Å². The van der Waals surface area contributed by atoms with Gasteiger partial charge in [0.05, 0.1) is 5.52 Å². The molecule has 2 heteroatoms. The van der Waals surface area contributed by atoms with Crippen LogP contribution in [0.25, 0.3) is 10.9 Å². The lowest BCUT2D eigenvalue weighted by Gasteiger charge is -2.10. The predicted octanol–water partition coefficient (Wildman–Crippen LogP) is 2.75. The van der Waals surface area contributed by atoms with Crippen molar-refractivity contribution in [1.82, 2.24) is 4.98 Å². The average Bonchev–Trinajstić information content (AvgIpc) is 3.07. The minimum Gasteiger partial charge on any atom is -0.321 e. The van der Waals surface area contributed by atoms with Gasteiger partial charge in [0, 0.05) is 16.6 Å². The van der Waals surface area contributed by atoms with E-state index in [2.05, 4.69) is 42.2 Å². The number of pyridine rings is 1. The molecule has 2 N–H and O–H groups in total. The Hall–Kier alpha value is -1.41. The Kier molecular flexibility index (Phi) is 2.01. The van der Waals surface area contributed by atoms with Crippen LogP contribution in [0.5, 0.6) is 0 Å². The van der Waals surface area contributed by atoms with E-state index in [1.54, 1.807) is 0 Å². The van der Waals surface area contributed by atoms with Gasteiger partial charge in [-0.1, -0.05) is 19.1 Å². The fourth-order valence-electron chi connectivity index (χ4n) is 2.10. The molecule has 0 bridgehead atoms. The van der Waals surface area contributed by atoms with Crippen LogP contribution < -0.4 is 5.73 Å². The van der Waals surface area contributed by atoms with E-state index in [0.29, 0.717) is 0 Å². The molecule has 1 aromatic heterocycles. The van der Waals surface area contributed by atoms with Gasteiger partial charge >= 0.3 is 0 Å². The maximum atomic E-state index is 6.19. The van der Waals surface area contributed by atoms with Crippen molar-refractivity contribution in [1.29, 1.82) is 0 Å². The van der Waals surface area contributed by atoms with Crippen molar-refractivity contribution in [3.05, 3.63) is 41.6 Å². The van der Waals surface area contributed by atoms with Gasteiger partial charge in [0.1, 0.15) is 0 Å². The lowest BCUT2D eigenvalue weighted by atomic mass is 10.0. The van der Waals surface area contributed by atoms with Gasteiger partial charge in [-0.25, -0.2) is 0 Å². The maximum Gasteiger partial charge on any atom is 0.0705 e. The molecule has 0 radical (unpaired) electrons. The third kappa shape index (κ3) is 1.50. The van der Waals surface area contributed by atoms with E-state index < -0.39 is 0 Å². The Labute approximate surface area is 95.5 Å². The van der Waals surface area contributed by atoms with Crippen molar-refractivity contribution in [3.8, 4) is 0 Å². The molecule has 1 aliphatic carbocycles. The summed E-state index contributed by atoms with van der Waals surface area (Å²) in [5.41, 5.74) is 9.63. The molecule has 0 aliphatic heterocycles. The van der Waals surface area contributed by atoms with Gasteiger partial charge in [-0.2, -0.15) is 0 Å². The summed E-state index contributed by atoms with van der Waals surface area (Å²) in [5, 5.41) is 1.20. The van der Waals surface area contributed by atoms with Crippen LogP contribution in [-0.4, -0.2) is 4.98 Å². The topological polar surface area (TPSA) is 38.9 Å². The number of nitrogens with zero attached hydrogens (tertiary/aromatic N) is 1. The standard InChI is InChI=1S/C14H16N2/c1-2-12-5-3-10-9-11(14(15)7-8-14)4-6-13(10)16-12/h3-6,9H,2,7-8,15H2,1H3. The summed E-state index contributed by atoms with van der Waals surface area (Å²) in [6.45, 7) is 2.13. The van der Waals surface area contributed by atoms with Gasteiger partial charge in [0.25, 0.3) is 0 Å². The summed E-state index contributed by atoms with van der Waals surface area (Å²) in [6, 6.07) is 10.7. The van der Waals surface area contributed by atoms with Gasteiger partial charge in [0.15, 0.2) is 0 Å². The molecule has 0 amide bonds. The van der Waals surface area contributed by atoms with Gasteiger partial charge in [-0.05, 0) is 43.0 Å². The van der Waals surface area contributed by atoms with Crippen molar-refractivity contribution in [2.24, 2.45) is 5.73 Å². The van der Waals surface area contributed by atoms with E-state index in [0.717, 1.165) is 30.5 Å². The Morgan fingerprint density at radius 2 is 2.06 bits per heavy atom. The highest BCUT2D eigenvalue weighted by Crippen LogP contribution is 2.43. The monoisotopic (exact) mass is 212 g/mol. The van der Waals surface area contributed by atoms with Gasteiger partial charge < -0.3 is 5.73 Å². The Morgan fingerprint density at radius 3 is 2.75 bits per heavy atom. The third-order valence-corrected chi connectivity index (χ3v) is 3.47. The van der Waals surface area contributed by atoms with E-state index in [9.17, 15) is 0 Å². The molecule has 16 heavy (non-hydrogen) atoms. The number of aryl methyl sites for hydroxylation is 1. The molecule has 0 atom stereocenters. The van der Waals surface area contributed by atoms with Crippen LogP contribution in [-0.2, 0) is 12.0 Å². The molecule has 1 aliphatic rings. The van der Waals surface area contributed by atoms with E-state index in [-0.39, 0.29) is 5.54 Å². The van der Waals surface area contributed by atoms with E-state index in [1.807, 2.05) is 0 Å². The first-order valence-electron chi connectivity index (χ1n) is 5.90. The van der Waals surface area contributed by atoms with Crippen LogP contribution in [0.15, 0.2) is 30.3 Å². The Bertz CT molecular complexity index is 541. The van der Waals surface area contributed by atoms with Crippen LogP contribution in [0.2, 0.25) is 0 Å². The van der Waals surface area contributed by atoms with Crippen LogP contribution in [0.4, 0.5) is 0 Å². The van der Waals surface area contributed by atoms with Crippen molar-refractivity contribution in [2.45, 2.75) is 31.7 Å². The van der Waals surface area contributed by atoms with Gasteiger partial charge in [0.2, 0.25) is 0 Å². The lowest BCUT2D eigenvalue weighted by molar-refractivity contribution is 0.741. The molecule has 3 rings (SSSR count). The fourth-order valence-corrected chi connectivity index (χ4v) is 2.10. The molecule has 2 aromatic rings. The zero-order valence-electron chi connectivity index (χ0n) is 9.53. The molecule has 0 spiro atoms. The van der Waals surface area contributed by atoms with Crippen molar-refractivity contribution in [3.63, 3.8) is 0 Å². The predicted molar refractivity (Wildman–Crippen MR) is 66.2 cm³/mol. The highest BCUT2D eigenvalue weighted by atomic mass is 14.8. The van der Waals surface area contributed by atoms with Crippen LogP contribution in [0, 0.1) is 0 Å². The van der Waals surface area contributed by atoms with Crippen molar-refractivity contribution >= 4 is 10.9 Å². The zero-order chi connectivity index (χ0) is 11.2. The molecule has 0 unspecified atom stereocenters. The largest absolute Gasteiger partial charge is 0.321 e. The summed E-state index contributed by atoms with van der Waals surface area (Å²) in [4.78, 5) is 4.60. The van der Waals surface area contributed by atoms with Crippen LogP contribution in [0.3, 0.4) is 0 Å². The van der Waals surface area contributed by atoms with Crippen LogP contribution in [0.1, 0.15) is 31.0 Å². The second-order valence-electron chi connectivity index (χ2n) is 4.72. The summed E-state index contributed by atoms with van der Waals surface area (Å²) in [5.74, 6) is 0. The SMILES string of the molecule is CCc1ccc2cc(C3(N)CC3)ccc2n1. The molecule has 1 saturated carbocycles. The van der Waals surface area contributed by atoms with Crippen molar-refractivity contribution in [2.75, 3.05) is 0 Å². The second-order valence-corrected chi connectivity index (χ2v) is 4.72. The minimum absolute atomic E-state index is 0.0440. The second kappa shape index (κ2) is 3.29. The number of rotatable bonds is 2. The number of benzene rings is 1. The third-order valence-electron chi connectivity index (χ3n) is 3.47. The smallest absolute Gasteiger partial charge is 0.0705 e. The normalized spacial score (nSPS) is 17.6. The Morgan fingerprint density at radius 1 is 1.25 bits per heavy atom. The number of hydrogen-bond donors (Lipinski definition) is 1. The summed E-state index contributed by atoms with van der Waals surface area (Å²) in [7, 11) is 0. The Balaban J connectivity index is 2.12. The number of fused-ring (bicyclic) bond motifs is 1. The molecule has 82 valence electrons. The first-order chi connectivity index (χ1) is 7.71. The molecular formula is C14H16N2. The first-order valence-corrected chi connectivity index (χ1v) is 5.90. The molecule has 2 nitrogen and oxygen atoms in total. The van der Waals surface area contributed by atoms with Crippen LogP contribution >= 0.6 is 0 Å². The summed E-state index contributed by atoms with van der Waals surface area (Å²) < 4.78 is 0. The van der Waals surface area contributed by atoms with E-state index in [1.165, 1.54) is 10.9 Å². The number of nitrogens with two attached hydrogens (primary N) is 1. The molecule has 0 saturated heterocycles. The first kappa shape index (κ1) is 9.79. The fraction of sp³-hybridized carbons (Fsp3) is 0.357. The molecule has 1 fully saturated rings. The highest BCUT2D eigenvalue weighted by Gasteiger charge is 2.39. The lowest BCUT2D eigenvalue weighted by Crippen LogP contribution is -2.18. The molecule has 1 aromatic carbocycles. The van der Waals surface area contributed by atoms with Gasteiger partial charge in [-0.15, -0.1) is 0 Å². The summed E-state index contributed by atoms with van der Waals surface area (Å²) >= 11 is 0. The van der Waals surface area contributed by atoms with Gasteiger partial charge in [-0.3, -0.25) is 4.98 Å². The quantitative estimate of drug-likeness (QED) is 0.831. The maximum absolute atomic E-state index is 6.19.